The average molecular weight is 379 g/mol. The highest BCUT2D eigenvalue weighted by Gasteiger charge is 2.19. The number of anilines is 1. The number of amides is 1. The fourth-order valence-electron chi connectivity index (χ4n) is 2.40. The first-order valence-corrected chi connectivity index (χ1v) is 9.13. The molecule has 25 heavy (non-hydrogen) atoms. The van der Waals surface area contributed by atoms with E-state index in [4.69, 9.17) is 26.2 Å². The lowest BCUT2D eigenvalue weighted by Crippen LogP contribution is -2.35. The Morgan fingerprint density at radius 2 is 2.08 bits per heavy atom. The van der Waals surface area contributed by atoms with Crippen LogP contribution in [0.4, 0.5) is 5.69 Å². The number of carbonyl (C=O) groups is 1. The number of hydrogen-bond donors (Lipinski definition) is 2. The van der Waals surface area contributed by atoms with E-state index >= 15 is 0 Å². The van der Waals surface area contributed by atoms with Crippen LogP contribution in [0.3, 0.4) is 0 Å². The van der Waals surface area contributed by atoms with E-state index in [-0.39, 0.29) is 18.4 Å². The Bertz CT molecular complexity index is 753. The van der Waals surface area contributed by atoms with Gasteiger partial charge in [-0.3, -0.25) is 9.93 Å². The molecule has 5 nitrogen and oxygen atoms in total. The minimum absolute atomic E-state index is 0.128. The predicted molar refractivity (Wildman–Crippen MR) is 99.7 cm³/mol. The third kappa shape index (κ3) is 4.96. The van der Waals surface area contributed by atoms with Crippen LogP contribution in [0.25, 0.3) is 0 Å². The van der Waals surface area contributed by atoms with Crippen LogP contribution in [0.5, 0.6) is 0 Å². The molecule has 1 fully saturated rings. The van der Waals surface area contributed by atoms with Gasteiger partial charge in [0.25, 0.3) is 0 Å². The Hall–Kier alpha value is -1.57. The second kappa shape index (κ2) is 8.69. The number of nitrogens with one attached hydrogen (secondary N) is 1. The molecule has 0 aliphatic carbocycles. The molecule has 0 unspecified atom stereocenters. The Morgan fingerprint density at radius 3 is 2.76 bits per heavy atom. The van der Waals surface area contributed by atoms with Crippen molar-refractivity contribution >= 4 is 35.1 Å². The Balaban J connectivity index is 1.61. The van der Waals surface area contributed by atoms with E-state index in [1.165, 1.54) is 0 Å². The zero-order chi connectivity index (χ0) is 17.6. The maximum Gasteiger partial charge on any atom is 0.228 e. The van der Waals surface area contributed by atoms with Gasteiger partial charge in [0.2, 0.25) is 5.91 Å². The van der Waals surface area contributed by atoms with Crippen LogP contribution in [-0.4, -0.2) is 25.2 Å². The molecule has 0 spiro atoms. The summed E-state index contributed by atoms with van der Waals surface area (Å²) in [6.07, 6.45) is 0.378. The van der Waals surface area contributed by atoms with E-state index in [9.17, 15) is 4.79 Å². The molecule has 0 bridgehead atoms. The van der Waals surface area contributed by atoms with Gasteiger partial charge in [-0.25, -0.2) is 0 Å². The number of nitrogens with two attached hydrogens (primary N) is 1. The molecule has 7 heteroatoms. The number of benzene rings is 2. The zero-order valence-electron chi connectivity index (χ0n) is 13.5. The molecular weight excluding hydrogens is 360 g/mol. The summed E-state index contributed by atoms with van der Waals surface area (Å²) in [7, 11) is 0. The number of hydrogen-bond acceptors (Lipinski definition) is 5. The maximum atomic E-state index is 12.2. The monoisotopic (exact) mass is 378 g/mol. The summed E-state index contributed by atoms with van der Waals surface area (Å²) < 4.78 is 10.8. The van der Waals surface area contributed by atoms with Crippen LogP contribution < -0.4 is 10.5 Å². The van der Waals surface area contributed by atoms with Crippen molar-refractivity contribution in [2.24, 2.45) is 5.14 Å². The minimum Gasteiger partial charge on any atom is -0.376 e. The van der Waals surface area contributed by atoms with Crippen molar-refractivity contribution < 1.29 is 14.3 Å². The largest absolute Gasteiger partial charge is 0.376 e. The summed E-state index contributed by atoms with van der Waals surface area (Å²) in [6.45, 7) is 1.75. The second-order valence-electron chi connectivity index (χ2n) is 5.73. The lowest BCUT2D eigenvalue weighted by Gasteiger charge is -2.26. The third-order valence-corrected chi connectivity index (χ3v) is 4.87. The SMILES string of the molecule is NSc1cc(NC(=O)Cc2ccccc2Cl)ccc1COC1COC1. The molecule has 0 radical (unpaired) electrons. The molecule has 132 valence electrons. The summed E-state index contributed by atoms with van der Waals surface area (Å²) in [6, 6.07) is 12.9. The van der Waals surface area contributed by atoms with Gasteiger partial charge in [-0.05, 0) is 41.3 Å². The van der Waals surface area contributed by atoms with Crippen molar-refractivity contribution in [3.63, 3.8) is 0 Å². The van der Waals surface area contributed by atoms with Gasteiger partial charge in [0.05, 0.1) is 26.2 Å². The van der Waals surface area contributed by atoms with Crippen molar-refractivity contribution in [3.05, 3.63) is 58.6 Å². The van der Waals surface area contributed by atoms with Crippen LogP contribution in [0, 0.1) is 0 Å². The summed E-state index contributed by atoms with van der Waals surface area (Å²) in [5.74, 6) is -0.128. The Kier molecular flexibility index (Phi) is 6.34. The van der Waals surface area contributed by atoms with Crippen LogP contribution >= 0.6 is 23.5 Å². The van der Waals surface area contributed by atoms with Crippen LogP contribution in [0.2, 0.25) is 5.02 Å². The minimum atomic E-state index is -0.128. The summed E-state index contributed by atoms with van der Waals surface area (Å²) in [5.41, 5.74) is 2.48. The standard InChI is InChI=1S/C18H19ClN2O3S/c19-16-4-2-1-3-12(16)7-18(22)21-14-6-5-13(17(8-14)25-20)9-24-15-10-23-11-15/h1-6,8,15H,7,9-11,20H2,(H,21,22). The van der Waals surface area contributed by atoms with Gasteiger partial charge in [-0.1, -0.05) is 35.9 Å². The summed E-state index contributed by atoms with van der Waals surface area (Å²) in [5, 5.41) is 9.22. The van der Waals surface area contributed by atoms with E-state index in [1.807, 2.05) is 36.4 Å². The molecule has 1 saturated heterocycles. The third-order valence-electron chi connectivity index (χ3n) is 3.87. The fourth-order valence-corrected chi connectivity index (χ4v) is 3.07. The first-order valence-electron chi connectivity index (χ1n) is 7.88. The topological polar surface area (TPSA) is 73.6 Å². The van der Waals surface area contributed by atoms with Crippen molar-refractivity contribution in [2.45, 2.75) is 24.0 Å². The molecule has 1 aliphatic rings. The fraction of sp³-hybridized carbons (Fsp3) is 0.278. The van der Waals surface area contributed by atoms with Crippen LogP contribution in [-0.2, 0) is 27.3 Å². The highest BCUT2D eigenvalue weighted by Crippen LogP contribution is 2.25. The van der Waals surface area contributed by atoms with Gasteiger partial charge in [0.15, 0.2) is 0 Å². The van der Waals surface area contributed by atoms with Crippen molar-refractivity contribution in [2.75, 3.05) is 18.5 Å². The van der Waals surface area contributed by atoms with E-state index in [2.05, 4.69) is 5.32 Å². The molecule has 0 atom stereocenters. The lowest BCUT2D eigenvalue weighted by atomic mass is 10.1. The molecule has 0 saturated carbocycles. The summed E-state index contributed by atoms with van der Waals surface area (Å²) >= 11 is 7.23. The molecule has 3 N–H and O–H groups in total. The highest BCUT2D eigenvalue weighted by atomic mass is 35.5. The van der Waals surface area contributed by atoms with Crippen LogP contribution in [0.15, 0.2) is 47.4 Å². The van der Waals surface area contributed by atoms with E-state index in [0.29, 0.717) is 30.5 Å². The van der Waals surface area contributed by atoms with Gasteiger partial charge < -0.3 is 14.8 Å². The van der Waals surface area contributed by atoms with Crippen molar-refractivity contribution in [1.82, 2.24) is 0 Å². The number of rotatable bonds is 7. The second-order valence-corrected chi connectivity index (χ2v) is 6.81. The van der Waals surface area contributed by atoms with E-state index in [0.717, 1.165) is 28.0 Å². The van der Waals surface area contributed by atoms with Crippen molar-refractivity contribution in [1.29, 1.82) is 0 Å². The summed E-state index contributed by atoms with van der Waals surface area (Å²) in [4.78, 5) is 13.1. The van der Waals surface area contributed by atoms with E-state index in [1.54, 1.807) is 6.07 Å². The Labute approximate surface area is 156 Å². The molecule has 1 heterocycles. The maximum absolute atomic E-state index is 12.2. The predicted octanol–water partition coefficient (Wildman–Crippen LogP) is 3.40. The quantitative estimate of drug-likeness (QED) is 0.722. The first kappa shape index (κ1) is 18.2. The average Bonchev–Trinajstić information content (AvgIpc) is 2.56. The molecule has 1 amide bonds. The molecule has 3 rings (SSSR count). The number of ether oxygens (including phenoxy) is 2. The molecule has 1 aliphatic heterocycles. The van der Waals surface area contributed by atoms with E-state index < -0.39 is 0 Å². The highest BCUT2D eigenvalue weighted by molar-refractivity contribution is 7.97. The van der Waals surface area contributed by atoms with Crippen LogP contribution in [0.1, 0.15) is 11.1 Å². The smallest absolute Gasteiger partial charge is 0.228 e. The molecule has 2 aromatic rings. The van der Waals surface area contributed by atoms with Crippen molar-refractivity contribution in [3.8, 4) is 0 Å². The molecule has 0 aromatic heterocycles. The number of carbonyl (C=O) groups excluding carboxylic acids is 1. The molecular formula is C18H19ClN2O3S. The van der Waals surface area contributed by atoms with Gasteiger partial charge in [0.1, 0.15) is 6.10 Å². The first-order chi connectivity index (χ1) is 12.2. The zero-order valence-corrected chi connectivity index (χ0v) is 15.1. The lowest BCUT2D eigenvalue weighted by molar-refractivity contribution is -0.135. The van der Waals surface area contributed by atoms with Gasteiger partial charge in [0, 0.05) is 15.6 Å². The molecule has 2 aromatic carbocycles. The Morgan fingerprint density at radius 1 is 1.28 bits per heavy atom. The van der Waals surface area contributed by atoms with Gasteiger partial charge >= 0.3 is 0 Å². The normalized spacial score (nSPS) is 14.2. The van der Waals surface area contributed by atoms with Gasteiger partial charge in [-0.15, -0.1) is 0 Å². The number of halogens is 1. The van der Waals surface area contributed by atoms with Gasteiger partial charge in [-0.2, -0.15) is 0 Å².